The number of nitrogens with one attached hydrogen (secondary N) is 1. The number of aromatic nitrogens is 2. The summed E-state index contributed by atoms with van der Waals surface area (Å²) in [5, 5.41) is 3.02. The number of rotatable bonds is 0. The molecule has 0 aromatic carbocycles. The first-order valence-corrected chi connectivity index (χ1v) is 3.14. The van der Waals surface area contributed by atoms with E-state index in [0.717, 1.165) is 18.1 Å². The molecule has 10 heavy (non-hydrogen) atoms. The van der Waals surface area contributed by atoms with Crippen molar-refractivity contribution in [1.29, 1.82) is 0 Å². The highest BCUT2D eigenvalue weighted by molar-refractivity contribution is 5.63. The van der Waals surface area contributed by atoms with Crippen molar-refractivity contribution >= 4 is 12.2 Å². The number of fused-ring (bicyclic) bond motifs is 1. The van der Waals surface area contributed by atoms with Gasteiger partial charge in [-0.25, -0.2) is 9.98 Å². The van der Waals surface area contributed by atoms with Gasteiger partial charge in [0.05, 0.1) is 24.9 Å². The molecule has 0 fully saturated rings. The van der Waals surface area contributed by atoms with Crippen LogP contribution in [0.25, 0.3) is 0 Å². The molecule has 1 N–H and O–H groups in total. The summed E-state index contributed by atoms with van der Waals surface area (Å²) >= 11 is 0. The molecular formula is C6H8N4. The highest BCUT2D eigenvalue weighted by atomic mass is 15.1. The first kappa shape index (κ1) is 5.46. The van der Waals surface area contributed by atoms with Gasteiger partial charge in [-0.2, -0.15) is 0 Å². The molecule has 1 aliphatic rings. The van der Waals surface area contributed by atoms with E-state index >= 15 is 0 Å². The smallest absolute Gasteiger partial charge is 0.176 e. The van der Waals surface area contributed by atoms with Gasteiger partial charge in [0.25, 0.3) is 0 Å². The molecule has 0 spiro atoms. The normalized spacial score (nSPS) is 14.5. The fourth-order valence-corrected chi connectivity index (χ4v) is 1.00. The van der Waals surface area contributed by atoms with Gasteiger partial charge < -0.3 is 9.88 Å². The average Bonchev–Trinajstić information content (AvgIpc) is 2.34. The predicted octanol–water partition coefficient (Wildman–Crippen LogP) is 0.183. The molecule has 1 aromatic rings. The zero-order valence-corrected chi connectivity index (χ0v) is 5.70. The number of nitrogens with zero attached hydrogens (tertiary/aromatic N) is 3. The second-order valence-corrected chi connectivity index (χ2v) is 2.26. The molecule has 0 amide bonds. The van der Waals surface area contributed by atoms with Crippen LogP contribution in [0.1, 0.15) is 5.69 Å². The molecule has 52 valence electrons. The number of imidazole rings is 1. The zero-order chi connectivity index (χ0) is 6.97. The summed E-state index contributed by atoms with van der Waals surface area (Å²) < 4.78 is 1.97. The quantitative estimate of drug-likeness (QED) is 0.553. The van der Waals surface area contributed by atoms with Crippen LogP contribution in [0, 0.1) is 0 Å². The first-order valence-electron chi connectivity index (χ1n) is 3.14. The summed E-state index contributed by atoms with van der Waals surface area (Å²) in [4.78, 5) is 8.13. The number of aryl methyl sites for hydroxylation is 1. The SMILES string of the molecule is Cn1cnc2c1CNC=N2. The fraction of sp³-hybridized carbons (Fsp3) is 0.333. The molecule has 0 saturated heterocycles. The van der Waals surface area contributed by atoms with Crippen molar-refractivity contribution in [3.63, 3.8) is 0 Å². The molecule has 0 atom stereocenters. The molecule has 0 radical (unpaired) electrons. The minimum Gasteiger partial charge on any atom is -0.370 e. The minimum atomic E-state index is 0.829. The van der Waals surface area contributed by atoms with Gasteiger partial charge in [-0.05, 0) is 0 Å². The van der Waals surface area contributed by atoms with E-state index in [4.69, 9.17) is 0 Å². The van der Waals surface area contributed by atoms with Crippen LogP contribution in [0.4, 0.5) is 5.82 Å². The molecule has 1 aromatic heterocycles. The molecule has 4 heteroatoms. The van der Waals surface area contributed by atoms with Crippen molar-refractivity contribution in [2.24, 2.45) is 12.0 Å². The van der Waals surface area contributed by atoms with E-state index in [-0.39, 0.29) is 0 Å². The van der Waals surface area contributed by atoms with Gasteiger partial charge in [0, 0.05) is 7.05 Å². The molecule has 0 saturated carbocycles. The lowest BCUT2D eigenvalue weighted by molar-refractivity contribution is 0.777. The molecule has 1 aliphatic heterocycles. The molecule has 2 heterocycles. The van der Waals surface area contributed by atoms with Crippen molar-refractivity contribution in [1.82, 2.24) is 14.9 Å². The second-order valence-electron chi connectivity index (χ2n) is 2.26. The van der Waals surface area contributed by atoms with E-state index in [2.05, 4.69) is 15.3 Å². The highest BCUT2D eigenvalue weighted by Crippen LogP contribution is 2.16. The van der Waals surface area contributed by atoms with Crippen LogP contribution >= 0.6 is 0 Å². The molecule has 0 aliphatic carbocycles. The summed E-state index contributed by atoms with van der Waals surface area (Å²) in [7, 11) is 1.97. The Balaban J connectivity index is 2.57. The van der Waals surface area contributed by atoms with E-state index in [9.17, 15) is 0 Å². The second kappa shape index (κ2) is 1.83. The largest absolute Gasteiger partial charge is 0.370 e. The molecular weight excluding hydrogens is 128 g/mol. The van der Waals surface area contributed by atoms with Crippen LogP contribution < -0.4 is 5.32 Å². The molecule has 2 rings (SSSR count). The maximum absolute atomic E-state index is 4.08. The third-order valence-electron chi connectivity index (χ3n) is 1.58. The third kappa shape index (κ3) is 0.618. The summed E-state index contributed by atoms with van der Waals surface area (Å²) in [6.07, 6.45) is 3.45. The van der Waals surface area contributed by atoms with Gasteiger partial charge in [0.2, 0.25) is 0 Å². The molecule has 0 bridgehead atoms. The fourth-order valence-electron chi connectivity index (χ4n) is 1.00. The van der Waals surface area contributed by atoms with Crippen LogP contribution in [-0.2, 0) is 13.6 Å². The van der Waals surface area contributed by atoms with Crippen molar-refractivity contribution in [2.75, 3.05) is 0 Å². The summed E-state index contributed by atoms with van der Waals surface area (Å²) in [5.41, 5.74) is 1.14. The monoisotopic (exact) mass is 136 g/mol. The van der Waals surface area contributed by atoms with Crippen molar-refractivity contribution in [3.05, 3.63) is 12.0 Å². The topological polar surface area (TPSA) is 42.2 Å². The lowest BCUT2D eigenvalue weighted by Gasteiger charge is -2.06. The van der Waals surface area contributed by atoms with Crippen LogP contribution in [0.15, 0.2) is 11.3 Å². The van der Waals surface area contributed by atoms with E-state index < -0.39 is 0 Å². The van der Waals surface area contributed by atoms with Gasteiger partial charge in [0.15, 0.2) is 5.82 Å². The van der Waals surface area contributed by atoms with Crippen LogP contribution in [0.5, 0.6) is 0 Å². The average molecular weight is 136 g/mol. The van der Waals surface area contributed by atoms with Crippen LogP contribution in [-0.4, -0.2) is 15.9 Å². The van der Waals surface area contributed by atoms with Gasteiger partial charge in [0.1, 0.15) is 0 Å². The Morgan fingerprint density at radius 3 is 3.40 bits per heavy atom. The van der Waals surface area contributed by atoms with Crippen molar-refractivity contribution in [2.45, 2.75) is 6.54 Å². The first-order chi connectivity index (χ1) is 4.88. The van der Waals surface area contributed by atoms with Crippen LogP contribution in [0.3, 0.4) is 0 Å². The van der Waals surface area contributed by atoms with E-state index in [1.165, 1.54) is 0 Å². The predicted molar refractivity (Wildman–Crippen MR) is 38.2 cm³/mol. The highest BCUT2D eigenvalue weighted by Gasteiger charge is 2.08. The lowest BCUT2D eigenvalue weighted by atomic mass is 10.4. The van der Waals surface area contributed by atoms with Crippen LogP contribution in [0.2, 0.25) is 0 Å². The molecule has 4 nitrogen and oxygen atoms in total. The van der Waals surface area contributed by atoms with Gasteiger partial charge in [-0.1, -0.05) is 0 Å². The van der Waals surface area contributed by atoms with Gasteiger partial charge in [-0.15, -0.1) is 0 Å². The number of hydrogen-bond donors (Lipinski definition) is 1. The van der Waals surface area contributed by atoms with E-state index in [0.29, 0.717) is 0 Å². The van der Waals surface area contributed by atoms with Crippen molar-refractivity contribution < 1.29 is 0 Å². The lowest BCUT2D eigenvalue weighted by Crippen LogP contribution is -2.16. The molecule has 0 unspecified atom stereocenters. The Kier molecular flexibility index (Phi) is 1.00. The van der Waals surface area contributed by atoms with Gasteiger partial charge >= 0.3 is 0 Å². The summed E-state index contributed by atoms with van der Waals surface area (Å²) in [6, 6.07) is 0. The summed E-state index contributed by atoms with van der Waals surface area (Å²) in [5.74, 6) is 0.834. The summed E-state index contributed by atoms with van der Waals surface area (Å²) in [6.45, 7) is 0.829. The Hall–Kier alpha value is -1.32. The Labute approximate surface area is 58.6 Å². The zero-order valence-electron chi connectivity index (χ0n) is 5.70. The van der Waals surface area contributed by atoms with E-state index in [1.807, 2.05) is 11.6 Å². The van der Waals surface area contributed by atoms with E-state index in [1.54, 1.807) is 12.7 Å². The third-order valence-corrected chi connectivity index (χ3v) is 1.58. The van der Waals surface area contributed by atoms with Crippen molar-refractivity contribution in [3.8, 4) is 0 Å². The Morgan fingerprint density at radius 1 is 1.70 bits per heavy atom. The standard InChI is InChI=1S/C6H8N4/c1-10-4-9-6-5(10)2-7-3-8-6/h3-4H,2H2,1H3,(H,7,8). The Bertz CT molecular complexity index is 273. The maximum atomic E-state index is 4.08. The Morgan fingerprint density at radius 2 is 2.60 bits per heavy atom. The number of aliphatic imine (C=N–C) groups is 1. The number of hydrogen-bond acceptors (Lipinski definition) is 3. The minimum absolute atomic E-state index is 0.829. The van der Waals surface area contributed by atoms with Gasteiger partial charge in [-0.3, -0.25) is 0 Å². The maximum Gasteiger partial charge on any atom is 0.176 e.